The van der Waals surface area contributed by atoms with Gasteiger partial charge in [-0.2, -0.15) is 0 Å². The van der Waals surface area contributed by atoms with Crippen LogP contribution in [0.5, 0.6) is 5.75 Å². The second-order valence-electron chi connectivity index (χ2n) is 5.16. The van der Waals surface area contributed by atoms with Gasteiger partial charge >= 0.3 is 0 Å². The largest absolute Gasteiger partial charge is 0.508 e. The molecule has 0 aliphatic carbocycles. The summed E-state index contributed by atoms with van der Waals surface area (Å²) in [5.41, 5.74) is 0.674. The fraction of sp³-hybridized carbons (Fsp3) is 0.500. The Morgan fingerprint density at radius 2 is 2.30 bits per heavy atom. The minimum absolute atomic E-state index is 0.0590. The molecule has 0 saturated carbocycles. The molecule has 1 aliphatic rings. The number of hydrogen-bond donors (Lipinski definition) is 2. The van der Waals surface area contributed by atoms with Gasteiger partial charge in [0, 0.05) is 50.9 Å². The fourth-order valence-electron chi connectivity index (χ4n) is 2.38. The van der Waals surface area contributed by atoms with Crippen molar-refractivity contribution in [1.82, 2.24) is 15.1 Å². The molecule has 1 unspecified atom stereocenters. The molecule has 20 heavy (non-hydrogen) atoms. The number of benzene rings is 1. The minimum Gasteiger partial charge on any atom is -0.508 e. The van der Waals surface area contributed by atoms with E-state index in [0.717, 1.165) is 13.1 Å². The zero-order valence-corrected chi connectivity index (χ0v) is 12.5. The van der Waals surface area contributed by atoms with Gasteiger partial charge in [0.15, 0.2) is 0 Å². The van der Waals surface area contributed by atoms with Crippen molar-refractivity contribution in [3.05, 3.63) is 28.8 Å². The normalized spacial score (nSPS) is 19.9. The van der Waals surface area contributed by atoms with Gasteiger partial charge in [-0.3, -0.25) is 9.69 Å². The molecule has 1 amide bonds. The topological polar surface area (TPSA) is 55.8 Å². The molecule has 0 bridgehead atoms. The number of amides is 1. The van der Waals surface area contributed by atoms with Crippen LogP contribution < -0.4 is 5.32 Å². The van der Waals surface area contributed by atoms with Gasteiger partial charge in [0.05, 0.1) is 0 Å². The number of nitrogens with zero attached hydrogens (tertiary/aromatic N) is 2. The standard InChI is InChI=1S/C14H20ClN3O2/c1-17(2)14(20)12-8-16-6-7-18(12)9-10-11(15)4-3-5-13(10)19/h3-5,12,16,19H,6-9H2,1-2H3. The molecule has 2 rings (SSSR count). The Labute approximate surface area is 124 Å². The SMILES string of the molecule is CN(C)C(=O)C1CNCCN1Cc1c(O)cccc1Cl. The van der Waals surface area contributed by atoms with E-state index < -0.39 is 0 Å². The lowest BCUT2D eigenvalue weighted by molar-refractivity contribution is -0.135. The molecule has 0 aromatic heterocycles. The maximum absolute atomic E-state index is 12.2. The van der Waals surface area contributed by atoms with Crippen molar-refractivity contribution in [3.8, 4) is 5.75 Å². The summed E-state index contributed by atoms with van der Waals surface area (Å²) in [5, 5.41) is 13.7. The smallest absolute Gasteiger partial charge is 0.240 e. The van der Waals surface area contributed by atoms with Crippen LogP contribution in [0.1, 0.15) is 5.56 Å². The molecule has 1 heterocycles. The van der Waals surface area contributed by atoms with E-state index in [-0.39, 0.29) is 17.7 Å². The van der Waals surface area contributed by atoms with Gasteiger partial charge in [-0.05, 0) is 12.1 Å². The highest BCUT2D eigenvalue weighted by molar-refractivity contribution is 6.31. The molecule has 110 valence electrons. The van der Waals surface area contributed by atoms with E-state index in [2.05, 4.69) is 10.2 Å². The third kappa shape index (κ3) is 3.23. The third-order valence-electron chi connectivity index (χ3n) is 3.54. The number of phenols is 1. The summed E-state index contributed by atoms with van der Waals surface area (Å²) >= 11 is 6.14. The van der Waals surface area contributed by atoms with Crippen LogP contribution >= 0.6 is 11.6 Å². The predicted octanol–water partition coefficient (Wildman–Crippen LogP) is 0.908. The fourth-order valence-corrected chi connectivity index (χ4v) is 2.61. The lowest BCUT2D eigenvalue weighted by Crippen LogP contribution is -2.57. The summed E-state index contributed by atoms with van der Waals surface area (Å²) < 4.78 is 0. The number of carbonyl (C=O) groups excluding carboxylic acids is 1. The van der Waals surface area contributed by atoms with Crippen LogP contribution in [0.15, 0.2) is 18.2 Å². The van der Waals surface area contributed by atoms with Crippen LogP contribution in [0, 0.1) is 0 Å². The second-order valence-corrected chi connectivity index (χ2v) is 5.57. The highest BCUT2D eigenvalue weighted by atomic mass is 35.5. The molecule has 0 radical (unpaired) electrons. The first-order valence-corrected chi connectivity index (χ1v) is 7.00. The van der Waals surface area contributed by atoms with Crippen LogP contribution in [0.25, 0.3) is 0 Å². The number of likely N-dealkylation sites (N-methyl/N-ethyl adjacent to an activating group) is 1. The van der Waals surface area contributed by atoms with Crippen LogP contribution in [0.3, 0.4) is 0 Å². The van der Waals surface area contributed by atoms with Crippen LogP contribution in [-0.2, 0) is 11.3 Å². The Balaban J connectivity index is 2.19. The van der Waals surface area contributed by atoms with Crippen LogP contribution in [0.4, 0.5) is 0 Å². The lowest BCUT2D eigenvalue weighted by atomic mass is 10.1. The summed E-state index contributed by atoms with van der Waals surface area (Å²) in [6, 6.07) is 4.85. The molecule has 1 aromatic rings. The molecule has 0 spiro atoms. The van der Waals surface area contributed by atoms with Crippen molar-refractivity contribution in [1.29, 1.82) is 0 Å². The Hall–Kier alpha value is -1.30. The number of phenolic OH excluding ortho intramolecular Hbond substituents is 1. The molecule has 5 nitrogen and oxygen atoms in total. The minimum atomic E-state index is -0.227. The summed E-state index contributed by atoms with van der Waals surface area (Å²) in [5.74, 6) is 0.232. The number of piperazine rings is 1. The van der Waals surface area contributed by atoms with Gasteiger partial charge in [-0.1, -0.05) is 17.7 Å². The van der Waals surface area contributed by atoms with E-state index in [0.29, 0.717) is 23.7 Å². The summed E-state index contributed by atoms with van der Waals surface area (Å²) in [7, 11) is 3.50. The monoisotopic (exact) mass is 297 g/mol. The zero-order chi connectivity index (χ0) is 14.7. The van der Waals surface area contributed by atoms with E-state index in [9.17, 15) is 9.90 Å². The Kier molecular flexibility index (Phi) is 4.86. The van der Waals surface area contributed by atoms with Gasteiger partial charge < -0.3 is 15.3 Å². The highest BCUT2D eigenvalue weighted by Crippen LogP contribution is 2.27. The molecule has 1 aliphatic heterocycles. The molecule has 1 saturated heterocycles. The van der Waals surface area contributed by atoms with E-state index in [1.165, 1.54) is 0 Å². The Morgan fingerprint density at radius 3 is 2.95 bits per heavy atom. The van der Waals surface area contributed by atoms with Crippen molar-refractivity contribution in [2.75, 3.05) is 33.7 Å². The van der Waals surface area contributed by atoms with Crippen molar-refractivity contribution < 1.29 is 9.90 Å². The average Bonchev–Trinajstić information content (AvgIpc) is 2.42. The second kappa shape index (κ2) is 6.43. The third-order valence-corrected chi connectivity index (χ3v) is 3.89. The Bertz CT molecular complexity index is 473. The molecule has 1 atom stereocenters. The Morgan fingerprint density at radius 1 is 1.55 bits per heavy atom. The first-order chi connectivity index (χ1) is 9.50. The molecular formula is C14H20ClN3O2. The lowest BCUT2D eigenvalue weighted by Gasteiger charge is -2.36. The first kappa shape index (κ1) is 15.1. The quantitative estimate of drug-likeness (QED) is 0.871. The van der Waals surface area contributed by atoms with Crippen LogP contribution in [0.2, 0.25) is 5.02 Å². The number of halogens is 1. The predicted molar refractivity (Wildman–Crippen MR) is 78.9 cm³/mol. The molecule has 1 aromatic carbocycles. The van der Waals surface area contributed by atoms with E-state index in [4.69, 9.17) is 11.6 Å². The highest BCUT2D eigenvalue weighted by Gasteiger charge is 2.30. The van der Waals surface area contributed by atoms with E-state index in [1.807, 2.05) is 0 Å². The van der Waals surface area contributed by atoms with Crippen LogP contribution in [-0.4, -0.2) is 60.6 Å². The molecule has 2 N–H and O–H groups in total. The van der Waals surface area contributed by atoms with Crippen molar-refractivity contribution >= 4 is 17.5 Å². The van der Waals surface area contributed by atoms with Crippen molar-refractivity contribution in [3.63, 3.8) is 0 Å². The van der Waals surface area contributed by atoms with Gasteiger partial charge in [0.25, 0.3) is 0 Å². The number of carbonyl (C=O) groups is 1. The number of aromatic hydroxyl groups is 1. The van der Waals surface area contributed by atoms with Gasteiger partial charge in [0.1, 0.15) is 11.8 Å². The molecule has 1 fully saturated rings. The van der Waals surface area contributed by atoms with Crippen molar-refractivity contribution in [2.24, 2.45) is 0 Å². The molecule has 6 heteroatoms. The van der Waals surface area contributed by atoms with E-state index >= 15 is 0 Å². The molecular weight excluding hydrogens is 278 g/mol. The van der Waals surface area contributed by atoms with Gasteiger partial charge in [0.2, 0.25) is 5.91 Å². The zero-order valence-electron chi connectivity index (χ0n) is 11.8. The number of hydrogen-bond acceptors (Lipinski definition) is 4. The summed E-state index contributed by atoms with van der Waals surface area (Å²) in [4.78, 5) is 15.9. The maximum Gasteiger partial charge on any atom is 0.240 e. The maximum atomic E-state index is 12.2. The van der Waals surface area contributed by atoms with Gasteiger partial charge in [-0.25, -0.2) is 0 Å². The summed E-state index contributed by atoms with van der Waals surface area (Å²) in [6.07, 6.45) is 0. The van der Waals surface area contributed by atoms with Gasteiger partial charge in [-0.15, -0.1) is 0 Å². The number of nitrogens with one attached hydrogen (secondary N) is 1. The van der Waals surface area contributed by atoms with E-state index in [1.54, 1.807) is 37.2 Å². The first-order valence-electron chi connectivity index (χ1n) is 6.63. The number of rotatable bonds is 3. The van der Waals surface area contributed by atoms with Crippen molar-refractivity contribution in [2.45, 2.75) is 12.6 Å². The average molecular weight is 298 g/mol. The summed E-state index contributed by atoms with van der Waals surface area (Å²) in [6.45, 7) is 2.65.